The normalized spacial score (nSPS) is 14.8. The molecule has 8 heteroatoms. The number of thiazole rings is 1. The van der Waals surface area contributed by atoms with Crippen molar-refractivity contribution in [2.45, 2.75) is 40.7 Å². The van der Waals surface area contributed by atoms with Crippen molar-refractivity contribution in [3.8, 4) is 11.4 Å². The van der Waals surface area contributed by atoms with E-state index in [1.54, 1.807) is 4.57 Å². The third-order valence-electron chi connectivity index (χ3n) is 7.85. The number of fused-ring (bicyclic) bond motifs is 1. The Morgan fingerprint density at radius 1 is 0.977 bits per heavy atom. The van der Waals surface area contributed by atoms with E-state index in [1.165, 1.54) is 16.9 Å². The average molecular weight is 603 g/mol. The molecule has 222 valence electrons. The van der Waals surface area contributed by atoms with Crippen molar-refractivity contribution in [2.75, 3.05) is 11.9 Å². The summed E-state index contributed by atoms with van der Waals surface area (Å²) in [5, 5.41) is 3.00. The molecule has 1 N–H and O–H groups in total. The number of hydrogen-bond acceptors (Lipinski definition) is 5. The Balaban J connectivity index is 1.48. The molecule has 1 amide bonds. The number of aromatic nitrogens is 2. The largest absolute Gasteiger partial charge is 0.494 e. The van der Waals surface area contributed by atoms with Crippen LogP contribution in [0.15, 0.2) is 106 Å². The quantitative estimate of drug-likeness (QED) is 0.249. The number of rotatable bonds is 7. The fraction of sp³-hybridized carbons (Fsp3) is 0.194. The zero-order chi connectivity index (χ0) is 31.0. The molecule has 0 spiro atoms. The number of carbonyl (C=O) groups is 1. The highest BCUT2D eigenvalue weighted by Gasteiger charge is 2.32. The minimum Gasteiger partial charge on any atom is -0.494 e. The van der Waals surface area contributed by atoms with E-state index in [0.29, 0.717) is 32.9 Å². The van der Waals surface area contributed by atoms with Gasteiger partial charge < -0.3 is 14.6 Å². The lowest BCUT2D eigenvalue weighted by Crippen LogP contribution is -2.40. The van der Waals surface area contributed by atoms with E-state index < -0.39 is 6.04 Å². The molecule has 0 unspecified atom stereocenters. The van der Waals surface area contributed by atoms with Crippen molar-refractivity contribution >= 4 is 29.0 Å². The van der Waals surface area contributed by atoms with E-state index in [2.05, 4.69) is 61.0 Å². The van der Waals surface area contributed by atoms with Crippen molar-refractivity contribution in [3.63, 3.8) is 0 Å². The maximum absolute atomic E-state index is 14.2. The Labute approximate surface area is 260 Å². The van der Waals surface area contributed by atoms with Crippen LogP contribution in [0.4, 0.5) is 5.69 Å². The van der Waals surface area contributed by atoms with Crippen LogP contribution in [0.1, 0.15) is 48.0 Å². The second-order valence-corrected chi connectivity index (χ2v) is 11.9. The van der Waals surface area contributed by atoms with E-state index in [0.717, 1.165) is 34.0 Å². The Bertz CT molecular complexity index is 2070. The predicted molar refractivity (Wildman–Crippen MR) is 176 cm³/mol. The van der Waals surface area contributed by atoms with Crippen molar-refractivity contribution < 1.29 is 9.53 Å². The molecule has 0 fully saturated rings. The molecule has 0 aliphatic carbocycles. The molecule has 1 aliphatic heterocycles. The molecule has 3 heterocycles. The van der Waals surface area contributed by atoms with Crippen LogP contribution in [0.25, 0.3) is 11.8 Å². The fourth-order valence-corrected chi connectivity index (χ4v) is 6.76. The molecule has 3 aromatic carbocycles. The maximum atomic E-state index is 14.2. The number of anilines is 1. The molecule has 6 rings (SSSR count). The van der Waals surface area contributed by atoms with E-state index in [4.69, 9.17) is 9.73 Å². The Morgan fingerprint density at radius 3 is 2.36 bits per heavy atom. The van der Waals surface area contributed by atoms with Crippen LogP contribution < -0.4 is 24.9 Å². The Hall–Kier alpha value is -4.95. The summed E-state index contributed by atoms with van der Waals surface area (Å²) < 4.78 is 10.1. The lowest BCUT2D eigenvalue weighted by Gasteiger charge is -2.25. The number of aryl methyl sites for hydroxylation is 2. The van der Waals surface area contributed by atoms with E-state index in [1.807, 2.05) is 74.5 Å². The number of ether oxygens (including phenoxy) is 1. The maximum Gasteiger partial charge on any atom is 0.271 e. The van der Waals surface area contributed by atoms with Gasteiger partial charge in [-0.15, -0.1) is 0 Å². The summed E-state index contributed by atoms with van der Waals surface area (Å²) in [6, 6.07) is 26.7. The van der Waals surface area contributed by atoms with Gasteiger partial charge in [0.25, 0.3) is 11.5 Å². The number of hydrogen-bond donors (Lipinski definition) is 1. The van der Waals surface area contributed by atoms with Gasteiger partial charge in [0.1, 0.15) is 5.75 Å². The van der Waals surface area contributed by atoms with Gasteiger partial charge in [-0.05, 0) is 94.3 Å². The van der Waals surface area contributed by atoms with Gasteiger partial charge >= 0.3 is 0 Å². The van der Waals surface area contributed by atoms with Gasteiger partial charge in [0, 0.05) is 22.8 Å². The molecule has 0 radical (unpaired) electrons. The van der Waals surface area contributed by atoms with Gasteiger partial charge in [-0.25, -0.2) is 4.99 Å². The molecule has 5 aromatic rings. The standard InChI is InChI=1S/C36H34N4O3S/c1-6-43-30-18-14-26(15-19-30)33-32(34(41)38-28-10-8-7-9-11-28)24(4)37-36-40(33)35(42)31(44-36)21-27-20-23(3)39(25(27)5)29-16-12-22(2)13-17-29/h7-21,33H,6H2,1-5H3,(H,38,41)/b31-21-/t33-/m1/s1. The van der Waals surface area contributed by atoms with Crippen molar-refractivity contribution in [1.82, 2.24) is 9.13 Å². The minimum absolute atomic E-state index is 0.190. The third kappa shape index (κ3) is 5.44. The van der Waals surface area contributed by atoms with E-state index in [-0.39, 0.29) is 11.5 Å². The van der Waals surface area contributed by atoms with Crippen LogP contribution in [0, 0.1) is 20.8 Å². The Kier molecular flexibility index (Phi) is 7.93. The van der Waals surface area contributed by atoms with Crippen molar-refractivity contribution in [1.29, 1.82) is 0 Å². The first-order valence-electron chi connectivity index (χ1n) is 14.6. The first kappa shape index (κ1) is 29.1. The number of nitrogens with zero attached hydrogens (tertiary/aromatic N) is 3. The van der Waals surface area contributed by atoms with Crippen LogP contribution >= 0.6 is 11.3 Å². The van der Waals surface area contributed by atoms with Crippen LogP contribution in [-0.4, -0.2) is 21.6 Å². The van der Waals surface area contributed by atoms with Crippen LogP contribution in [0.2, 0.25) is 0 Å². The Morgan fingerprint density at radius 2 is 1.68 bits per heavy atom. The van der Waals surface area contributed by atoms with Crippen molar-refractivity contribution in [2.24, 2.45) is 4.99 Å². The summed E-state index contributed by atoms with van der Waals surface area (Å²) >= 11 is 1.34. The number of amides is 1. The summed E-state index contributed by atoms with van der Waals surface area (Å²) in [4.78, 5) is 33.4. The summed E-state index contributed by atoms with van der Waals surface area (Å²) in [5.41, 5.74) is 7.63. The highest BCUT2D eigenvalue weighted by Crippen LogP contribution is 2.32. The van der Waals surface area contributed by atoms with Crippen LogP contribution in [0.5, 0.6) is 5.75 Å². The van der Waals surface area contributed by atoms with Crippen molar-refractivity contribution in [3.05, 3.63) is 144 Å². The van der Waals surface area contributed by atoms with Gasteiger partial charge in [0.15, 0.2) is 4.80 Å². The first-order chi connectivity index (χ1) is 21.2. The molecule has 1 atom stereocenters. The van der Waals surface area contributed by atoms with E-state index >= 15 is 0 Å². The third-order valence-corrected chi connectivity index (χ3v) is 8.84. The number of para-hydroxylation sites is 1. The zero-order valence-electron chi connectivity index (χ0n) is 25.4. The topological polar surface area (TPSA) is 77.6 Å². The number of nitrogens with one attached hydrogen (secondary N) is 1. The monoisotopic (exact) mass is 602 g/mol. The average Bonchev–Trinajstić information content (AvgIpc) is 3.47. The lowest BCUT2D eigenvalue weighted by molar-refractivity contribution is -0.113. The minimum atomic E-state index is -0.659. The highest BCUT2D eigenvalue weighted by molar-refractivity contribution is 7.07. The molecular formula is C36H34N4O3S. The summed E-state index contributed by atoms with van der Waals surface area (Å²) in [7, 11) is 0. The van der Waals surface area contributed by atoms with Gasteiger partial charge in [-0.1, -0.05) is 59.4 Å². The molecule has 7 nitrogen and oxygen atoms in total. The zero-order valence-corrected chi connectivity index (χ0v) is 26.2. The second-order valence-electron chi connectivity index (χ2n) is 10.9. The van der Waals surface area contributed by atoms with Gasteiger partial charge in [-0.3, -0.25) is 14.2 Å². The molecule has 2 aromatic heterocycles. The predicted octanol–water partition coefficient (Wildman–Crippen LogP) is 5.99. The number of benzene rings is 3. The highest BCUT2D eigenvalue weighted by atomic mass is 32.1. The molecule has 0 bridgehead atoms. The summed E-state index contributed by atoms with van der Waals surface area (Å²) in [6.07, 6.45) is 1.94. The molecule has 0 saturated carbocycles. The number of carbonyl (C=O) groups excluding carboxylic acids is 1. The van der Waals surface area contributed by atoms with Crippen LogP contribution in [0.3, 0.4) is 0 Å². The van der Waals surface area contributed by atoms with Gasteiger partial charge in [0.05, 0.1) is 28.5 Å². The lowest BCUT2D eigenvalue weighted by atomic mass is 9.95. The second kappa shape index (κ2) is 12.0. The first-order valence-corrected chi connectivity index (χ1v) is 15.4. The molecule has 0 saturated heterocycles. The molecule has 44 heavy (non-hydrogen) atoms. The smallest absolute Gasteiger partial charge is 0.271 e. The SMILES string of the molecule is CCOc1ccc([C@@H]2C(C(=O)Nc3ccccc3)=C(C)N=c3s/c(=C\c4cc(C)n(-c5ccc(C)cc5)c4C)c(=O)n32)cc1. The van der Waals surface area contributed by atoms with Gasteiger partial charge in [0.2, 0.25) is 0 Å². The molecular weight excluding hydrogens is 568 g/mol. The van der Waals surface area contributed by atoms with E-state index in [9.17, 15) is 9.59 Å². The van der Waals surface area contributed by atoms with Crippen LogP contribution in [-0.2, 0) is 4.79 Å². The number of allylic oxidation sites excluding steroid dienone is 1. The summed E-state index contributed by atoms with van der Waals surface area (Å²) in [6.45, 7) is 10.5. The molecule has 1 aliphatic rings. The van der Waals surface area contributed by atoms with Gasteiger partial charge in [-0.2, -0.15) is 0 Å². The summed E-state index contributed by atoms with van der Waals surface area (Å²) in [5.74, 6) is 0.427. The fourth-order valence-electron chi connectivity index (χ4n) is 5.73.